The lowest BCUT2D eigenvalue weighted by molar-refractivity contribution is 0.475. The molecule has 0 aliphatic heterocycles. The topological polar surface area (TPSA) is 20.2 Å². The van der Waals surface area contributed by atoms with Gasteiger partial charge in [-0.1, -0.05) is 25.1 Å². The molecule has 0 spiro atoms. The molecule has 0 aliphatic rings. The second kappa shape index (κ2) is 3.63. The van der Waals surface area contributed by atoms with Crippen LogP contribution in [-0.4, -0.2) is 5.11 Å². The number of phenols is 1. The van der Waals surface area contributed by atoms with E-state index in [4.69, 9.17) is 11.6 Å². The van der Waals surface area contributed by atoms with E-state index >= 15 is 0 Å². The van der Waals surface area contributed by atoms with Gasteiger partial charge in [-0.15, -0.1) is 0 Å². The standard InChI is InChI=1S/C10H11ClO/c1-3-7(2)8-4-9(11)6-10(12)5-8/h4-6,12H,2-3H2,1H3. The van der Waals surface area contributed by atoms with E-state index < -0.39 is 0 Å². The molecule has 12 heavy (non-hydrogen) atoms. The van der Waals surface area contributed by atoms with Crippen LogP contribution in [-0.2, 0) is 0 Å². The monoisotopic (exact) mass is 182 g/mol. The summed E-state index contributed by atoms with van der Waals surface area (Å²) in [6, 6.07) is 4.97. The highest BCUT2D eigenvalue weighted by molar-refractivity contribution is 6.30. The summed E-state index contributed by atoms with van der Waals surface area (Å²) >= 11 is 5.75. The molecule has 0 saturated carbocycles. The Morgan fingerprint density at radius 2 is 2.17 bits per heavy atom. The zero-order valence-electron chi connectivity index (χ0n) is 6.97. The fourth-order valence-corrected chi connectivity index (χ4v) is 1.21. The highest BCUT2D eigenvalue weighted by Gasteiger charge is 2.00. The third-order valence-corrected chi connectivity index (χ3v) is 1.94. The van der Waals surface area contributed by atoms with Crippen molar-refractivity contribution >= 4 is 17.2 Å². The third kappa shape index (κ3) is 2.02. The Morgan fingerprint density at radius 3 is 2.67 bits per heavy atom. The maximum absolute atomic E-state index is 9.21. The van der Waals surface area contributed by atoms with Gasteiger partial charge in [0.25, 0.3) is 0 Å². The lowest BCUT2D eigenvalue weighted by Gasteiger charge is -2.03. The van der Waals surface area contributed by atoms with Gasteiger partial charge in [0, 0.05) is 5.02 Å². The zero-order valence-corrected chi connectivity index (χ0v) is 7.73. The fraction of sp³-hybridized carbons (Fsp3) is 0.200. The normalized spacial score (nSPS) is 9.83. The number of phenolic OH excluding ortho intramolecular Hbond substituents is 1. The first-order valence-electron chi connectivity index (χ1n) is 3.81. The van der Waals surface area contributed by atoms with Crippen LogP contribution in [0.15, 0.2) is 24.8 Å². The molecule has 1 rings (SSSR count). The molecule has 0 heterocycles. The molecule has 0 aromatic heterocycles. The van der Waals surface area contributed by atoms with Crippen molar-refractivity contribution in [2.75, 3.05) is 0 Å². The van der Waals surface area contributed by atoms with Crippen molar-refractivity contribution in [1.82, 2.24) is 0 Å². The van der Waals surface area contributed by atoms with Crippen LogP contribution in [0, 0.1) is 0 Å². The molecule has 0 unspecified atom stereocenters. The van der Waals surface area contributed by atoms with Crippen molar-refractivity contribution in [2.24, 2.45) is 0 Å². The SMILES string of the molecule is C=C(CC)c1cc(O)cc(Cl)c1. The van der Waals surface area contributed by atoms with Crippen LogP contribution < -0.4 is 0 Å². The van der Waals surface area contributed by atoms with Crippen molar-refractivity contribution in [3.05, 3.63) is 35.4 Å². The van der Waals surface area contributed by atoms with Gasteiger partial charge in [-0.2, -0.15) is 0 Å². The van der Waals surface area contributed by atoms with E-state index in [1.165, 1.54) is 6.07 Å². The summed E-state index contributed by atoms with van der Waals surface area (Å²) in [6.07, 6.45) is 0.861. The quantitative estimate of drug-likeness (QED) is 0.743. The van der Waals surface area contributed by atoms with Gasteiger partial charge in [0.1, 0.15) is 5.75 Å². The molecule has 2 heteroatoms. The average molecular weight is 183 g/mol. The van der Waals surface area contributed by atoms with Crippen LogP contribution in [0.2, 0.25) is 5.02 Å². The van der Waals surface area contributed by atoms with E-state index in [0.717, 1.165) is 17.6 Å². The molecule has 1 nitrogen and oxygen atoms in total. The van der Waals surface area contributed by atoms with E-state index in [-0.39, 0.29) is 5.75 Å². The Bertz CT molecular complexity index is 284. The molecule has 0 aliphatic carbocycles. The Kier molecular flexibility index (Phi) is 2.77. The number of halogens is 1. The lowest BCUT2D eigenvalue weighted by atomic mass is 10.1. The van der Waals surface area contributed by atoms with E-state index in [0.29, 0.717) is 5.02 Å². The maximum atomic E-state index is 9.21. The highest BCUT2D eigenvalue weighted by Crippen LogP contribution is 2.25. The lowest BCUT2D eigenvalue weighted by Crippen LogP contribution is -1.80. The number of hydrogen-bond donors (Lipinski definition) is 1. The minimum absolute atomic E-state index is 0.187. The minimum atomic E-state index is 0.187. The molecule has 0 fully saturated rings. The van der Waals surface area contributed by atoms with Gasteiger partial charge in [-0.3, -0.25) is 0 Å². The van der Waals surface area contributed by atoms with E-state index in [9.17, 15) is 5.11 Å². The van der Waals surface area contributed by atoms with E-state index in [1.807, 2.05) is 6.92 Å². The van der Waals surface area contributed by atoms with E-state index in [2.05, 4.69) is 6.58 Å². The molecule has 1 aromatic carbocycles. The van der Waals surface area contributed by atoms with Crippen LogP contribution >= 0.6 is 11.6 Å². The molecule has 0 atom stereocenters. The van der Waals surface area contributed by atoms with Crippen LogP contribution in [0.25, 0.3) is 5.57 Å². The smallest absolute Gasteiger partial charge is 0.117 e. The van der Waals surface area contributed by atoms with Crippen molar-refractivity contribution in [2.45, 2.75) is 13.3 Å². The fourth-order valence-electron chi connectivity index (χ4n) is 0.982. The maximum Gasteiger partial charge on any atom is 0.117 e. The van der Waals surface area contributed by atoms with Gasteiger partial charge in [-0.05, 0) is 35.8 Å². The van der Waals surface area contributed by atoms with Crippen molar-refractivity contribution < 1.29 is 5.11 Å². The predicted octanol–water partition coefficient (Wildman–Crippen LogP) is 3.47. The Hall–Kier alpha value is -0.950. The van der Waals surface area contributed by atoms with Crippen molar-refractivity contribution in [3.8, 4) is 5.75 Å². The van der Waals surface area contributed by atoms with Crippen LogP contribution in [0.3, 0.4) is 0 Å². The molecule has 1 aromatic rings. The second-order valence-corrected chi connectivity index (χ2v) is 3.09. The number of hydrogen-bond acceptors (Lipinski definition) is 1. The van der Waals surface area contributed by atoms with Crippen molar-refractivity contribution in [3.63, 3.8) is 0 Å². The van der Waals surface area contributed by atoms with Gasteiger partial charge >= 0.3 is 0 Å². The molecule has 0 radical (unpaired) electrons. The van der Waals surface area contributed by atoms with E-state index in [1.54, 1.807) is 12.1 Å². The van der Waals surface area contributed by atoms with Gasteiger partial charge < -0.3 is 5.11 Å². The summed E-state index contributed by atoms with van der Waals surface area (Å²) in [5.74, 6) is 0.187. The molecule has 0 amide bonds. The summed E-state index contributed by atoms with van der Waals surface area (Å²) in [5, 5.41) is 9.75. The Labute approximate surface area is 77.3 Å². The molecule has 0 saturated heterocycles. The Morgan fingerprint density at radius 1 is 1.50 bits per heavy atom. The first kappa shape index (κ1) is 9.14. The summed E-state index contributed by atoms with van der Waals surface area (Å²) in [5.41, 5.74) is 1.88. The molecular weight excluding hydrogens is 172 g/mol. The Balaban J connectivity index is 3.08. The second-order valence-electron chi connectivity index (χ2n) is 2.66. The largest absolute Gasteiger partial charge is 0.508 e. The van der Waals surface area contributed by atoms with Gasteiger partial charge in [-0.25, -0.2) is 0 Å². The van der Waals surface area contributed by atoms with Crippen LogP contribution in [0.4, 0.5) is 0 Å². The van der Waals surface area contributed by atoms with Gasteiger partial charge in [0.2, 0.25) is 0 Å². The number of benzene rings is 1. The number of allylic oxidation sites excluding steroid dienone is 1. The van der Waals surface area contributed by atoms with Crippen LogP contribution in [0.5, 0.6) is 5.75 Å². The summed E-state index contributed by atoms with van der Waals surface area (Å²) in [4.78, 5) is 0. The predicted molar refractivity (Wildman–Crippen MR) is 52.4 cm³/mol. The zero-order chi connectivity index (χ0) is 9.14. The van der Waals surface area contributed by atoms with Crippen LogP contribution in [0.1, 0.15) is 18.9 Å². The van der Waals surface area contributed by atoms with Gasteiger partial charge in [0.05, 0.1) is 0 Å². The summed E-state index contributed by atoms with van der Waals surface area (Å²) in [7, 11) is 0. The summed E-state index contributed by atoms with van der Waals surface area (Å²) < 4.78 is 0. The molecule has 64 valence electrons. The number of aromatic hydroxyl groups is 1. The first-order valence-corrected chi connectivity index (χ1v) is 4.19. The first-order chi connectivity index (χ1) is 5.63. The van der Waals surface area contributed by atoms with Gasteiger partial charge in [0.15, 0.2) is 0 Å². The highest BCUT2D eigenvalue weighted by atomic mass is 35.5. The third-order valence-electron chi connectivity index (χ3n) is 1.72. The molecule has 1 N–H and O–H groups in total. The van der Waals surface area contributed by atoms with Crippen molar-refractivity contribution in [1.29, 1.82) is 0 Å². The number of rotatable bonds is 2. The molecular formula is C10H11ClO. The summed E-state index contributed by atoms with van der Waals surface area (Å²) in [6.45, 7) is 5.87. The molecule has 0 bridgehead atoms. The minimum Gasteiger partial charge on any atom is -0.508 e. The average Bonchev–Trinajstić information content (AvgIpc) is 2.01.